The predicted octanol–water partition coefficient (Wildman–Crippen LogP) is 2.49. The van der Waals surface area contributed by atoms with Crippen LogP contribution >= 0.6 is 0 Å². The molecule has 1 saturated carbocycles. The molecule has 1 amide bonds. The summed E-state index contributed by atoms with van der Waals surface area (Å²) >= 11 is 0. The normalized spacial score (nSPS) is 19.0. The van der Waals surface area contributed by atoms with Crippen LogP contribution in [0.2, 0.25) is 0 Å². The second-order valence-corrected chi connectivity index (χ2v) is 5.89. The predicted molar refractivity (Wildman–Crippen MR) is 87.0 cm³/mol. The first-order chi connectivity index (χ1) is 12.0. The minimum atomic E-state index is -1.21. The van der Waals surface area contributed by atoms with Crippen molar-refractivity contribution in [3.63, 3.8) is 0 Å². The minimum absolute atomic E-state index is 0.0782. The van der Waals surface area contributed by atoms with Crippen molar-refractivity contribution in [3.05, 3.63) is 35.7 Å². The molecular formula is C17H18N2O6. The zero-order chi connectivity index (χ0) is 18.0. The number of carbonyl (C=O) groups excluding carboxylic acids is 1. The molecule has 2 N–H and O–H groups in total. The minimum Gasteiger partial charge on any atom is -0.493 e. The van der Waals surface area contributed by atoms with Crippen LogP contribution in [0.15, 0.2) is 28.9 Å². The number of benzene rings is 1. The maximum atomic E-state index is 12.1. The van der Waals surface area contributed by atoms with Gasteiger partial charge in [-0.15, -0.1) is 0 Å². The lowest BCUT2D eigenvalue weighted by atomic mass is 9.81. The molecule has 8 nitrogen and oxygen atoms in total. The van der Waals surface area contributed by atoms with E-state index in [2.05, 4.69) is 10.3 Å². The van der Waals surface area contributed by atoms with Crippen molar-refractivity contribution in [1.82, 2.24) is 4.98 Å². The molecule has 1 heterocycles. The second-order valence-electron chi connectivity index (χ2n) is 5.89. The molecule has 0 bridgehead atoms. The second kappa shape index (κ2) is 6.84. The number of nitrogens with zero attached hydrogens (tertiary/aromatic N) is 1. The molecule has 132 valence electrons. The Kier molecular flexibility index (Phi) is 4.60. The topological polar surface area (TPSA) is 111 Å². The van der Waals surface area contributed by atoms with Gasteiger partial charge in [-0.3, -0.25) is 10.1 Å². The summed E-state index contributed by atoms with van der Waals surface area (Å²) in [5, 5.41) is 11.2. The van der Waals surface area contributed by atoms with Crippen LogP contribution in [0.3, 0.4) is 0 Å². The van der Waals surface area contributed by atoms with Crippen molar-refractivity contribution in [3.8, 4) is 11.5 Å². The summed E-state index contributed by atoms with van der Waals surface area (Å²) in [5.41, 5.74) is 0.805. The van der Waals surface area contributed by atoms with E-state index in [-0.39, 0.29) is 29.6 Å². The summed E-state index contributed by atoms with van der Waals surface area (Å²) in [6, 6.07) is 5.56. The summed E-state index contributed by atoms with van der Waals surface area (Å²) in [6.07, 6.45) is 2.00. The number of rotatable bonds is 6. The molecule has 3 rings (SSSR count). The summed E-state index contributed by atoms with van der Waals surface area (Å²) in [4.78, 5) is 26.5. The summed E-state index contributed by atoms with van der Waals surface area (Å²) in [5.74, 6) is -0.408. The third kappa shape index (κ3) is 3.73. The number of oxazole rings is 1. The number of carboxylic acid groups (broad SMARTS) is 1. The highest BCUT2D eigenvalue weighted by atomic mass is 16.5. The Morgan fingerprint density at radius 3 is 2.72 bits per heavy atom. The van der Waals surface area contributed by atoms with Gasteiger partial charge in [0.2, 0.25) is 5.91 Å². The van der Waals surface area contributed by atoms with Crippen LogP contribution in [0.4, 0.5) is 6.01 Å². The van der Waals surface area contributed by atoms with Gasteiger partial charge in [0.15, 0.2) is 17.2 Å². The number of aryl methyl sites for hydroxylation is 1. The number of carbonyl (C=O) groups is 2. The lowest BCUT2D eigenvalue weighted by Gasteiger charge is -2.34. The van der Waals surface area contributed by atoms with Crippen molar-refractivity contribution in [2.75, 3.05) is 12.4 Å². The van der Waals surface area contributed by atoms with Gasteiger partial charge < -0.3 is 19.0 Å². The van der Waals surface area contributed by atoms with Crippen LogP contribution in [0.5, 0.6) is 11.5 Å². The van der Waals surface area contributed by atoms with Crippen LogP contribution in [0.1, 0.15) is 28.9 Å². The number of anilines is 1. The van der Waals surface area contributed by atoms with E-state index in [4.69, 9.17) is 19.0 Å². The Morgan fingerprint density at radius 1 is 1.32 bits per heavy atom. The van der Waals surface area contributed by atoms with Crippen LogP contribution in [-0.4, -0.2) is 35.2 Å². The molecular weight excluding hydrogens is 328 g/mol. The van der Waals surface area contributed by atoms with Crippen molar-refractivity contribution in [2.45, 2.75) is 25.9 Å². The van der Waals surface area contributed by atoms with Gasteiger partial charge in [0.25, 0.3) is 0 Å². The number of aromatic carboxylic acids is 1. The summed E-state index contributed by atoms with van der Waals surface area (Å²) in [7, 11) is 1.58. The molecule has 0 atom stereocenters. The highest BCUT2D eigenvalue weighted by Crippen LogP contribution is 2.36. The first-order valence-electron chi connectivity index (χ1n) is 7.77. The Hall–Kier alpha value is -3.03. The van der Waals surface area contributed by atoms with Gasteiger partial charge >= 0.3 is 12.0 Å². The zero-order valence-electron chi connectivity index (χ0n) is 13.8. The Balaban J connectivity index is 1.52. The van der Waals surface area contributed by atoms with Crippen LogP contribution in [0, 0.1) is 12.8 Å². The number of ether oxygens (including phenoxy) is 2. The average Bonchev–Trinajstić information content (AvgIpc) is 2.99. The van der Waals surface area contributed by atoms with Gasteiger partial charge in [-0.25, -0.2) is 4.79 Å². The number of hydrogen-bond acceptors (Lipinski definition) is 6. The fourth-order valence-electron chi connectivity index (χ4n) is 2.57. The van der Waals surface area contributed by atoms with Crippen LogP contribution < -0.4 is 14.8 Å². The number of methoxy groups -OCH3 is 1. The molecule has 25 heavy (non-hydrogen) atoms. The quantitative estimate of drug-likeness (QED) is 0.826. The standard InChI is InChI=1S/C17H18N2O6/c1-9-3-4-13(23-2)14(5-9)25-11-6-10(7-11)15(20)19-17-18-12(8-24-17)16(21)22/h3-5,8,10-11H,6-7H2,1-2H3,(H,21,22)(H,18,19,20). The molecule has 2 aromatic rings. The number of aromatic nitrogens is 1. The SMILES string of the molecule is COc1ccc(C)cc1OC1CC(C(=O)Nc2nc(C(=O)O)co2)C1. The van der Waals surface area contributed by atoms with E-state index in [0.717, 1.165) is 11.8 Å². The Bertz CT molecular complexity index is 794. The van der Waals surface area contributed by atoms with Gasteiger partial charge in [-0.1, -0.05) is 6.07 Å². The lowest BCUT2D eigenvalue weighted by molar-refractivity contribution is -0.125. The fourth-order valence-corrected chi connectivity index (χ4v) is 2.57. The Morgan fingerprint density at radius 2 is 2.08 bits per heavy atom. The molecule has 0 unspecified atom stereocenters. The maximum absolute atomic E-state index is 12.1. The van der Waals surface area contributed by atoms with Crippen molar-refractivity contribution >= 4 is 17.9 Å². The van der Waals surface area contributed by atoms with E-state index in [1.807, 2.05) is 25.1 Å². The fraction of sp³-hybridized carbons (Fsp3) is 0.353. The van der Waals surface area contributed by atoms with Gasteiger partial charge in [0.1, 0.15) is 12.4 Å². The summed E-state index contributed by atoms with van der Waals surface area (Å²) < 4.78 is 16.1. The average molecular weight is 346 g/mol. The van der Waals surface area contributed by atoms with Crippen LogP contribution in [-0.2, 0) is 4.79 Å². The van der Waals surface area contributed by atoms with Gasteiger partial charge in [0, 0.05) is 5.92 Å². The van der Waals surface area contributed by atoms with Crippen molar-refractivity contribution < 1.29 is 28.6 Å². The molecule has 0 saturated heterocycles. The van der Waals surface area contributed by atoms with E-state index in [9.17, 15) is 9.59 Å². The Labute approximate surface area is 143 Å². The van der Waals surface area contributed by atoms with E-state index >= 15 is 0 Å². The number of hydrogen-bond donors (Lipinski definition) is 2. The maximum Gasteiger partial charge on any atom is 0.357 e. The van der Waals surface area contributed by atoms with E-state index in [1.165, 1.54) is 0 Å². The largest absolute Gasteiger partial charge is 0.493 e. The zero-order valence-corrected chi connectivity index (χ0v) is 13.8. The lowest BCUT2D eigenvalue weighted by Crippen LogP contribution is -2.40. The van der Waals surface area contributed by atoms with Crippen LogP contribution in [0.25, 0.3) is 0 Å². The molecule has 1 aromatic heterocycles. The molecule has 1 aromatic carbocycles. The van der Waals surface area contributed by atoms with E-state index < -0.39 is 5.97 Å². The summed E-state index contributed by atoms with van der Waals surface area (Å²) in [6.45, 7) is 1.96. The first kappa shape index (κ1) is 16.8. The molecule has 1 aliphatic rings. The van der Waals surface area contributed by atoms with E-state index in [1.54, 1.807) is 7.11 Å². The van der Waals surface area contributed by atoms with Gasteiger partial charge in [-0.05, 0) is 37.5 Å². The number of nitrogens with one attached hydrogen (secondary N) is 1. The molecule has 0 radical (unpaired) electrons. The molecule has 8 heteroatoms. The van der Waals surface area contributed by atoms with Gasteiger partial charge in [0.05, 0.1) is 7.11 Å². The monoisotopic (exact) mass is 346 g/mol. The molecule has 1 fully saturated rings. The third-order valence-corrected chi connectivity index (χ3v) is 4.03. The smallest absolute Gasteiger partial charge is 0.357 e. The van der Waals surface area contributed by atoms with Crippen molar-refractivity contribution in [2.24, 2.45) is 5.92 Å². The van der Waals surface area contributed by atoms with Gasteiger partial charge in [-0.2, -0.15) is 4.98 Å². The number of amides is 1. The molecule has 0 spiro atoms. The molecule has 1 aliphatic carbocycles. The molecule has 0 aliphatic heterocycles. The number of carboxylic acids is 1. The third-order valence-electron chi connectivity index (χ3n) is 4.03. The first-order valence-corrected chi connectivity index (χ1v) is 7.77. The van der Waals surface area contributed by atoms with E-state index in [0.29, 0.717) is 24.3 Å². The van der Waals surface area contributed by atoms with Crippen molar-refractivity contribution in [1.29, 1.82) is 0 Å². The highest BCUT2D eigenvalue weighted by molar-refractivity contribution is 5.92. The highest BCUT2D eigenvalue weighted by Gasteiger charge is 2.37.